The molecule has 5 heteroatoms. The summed E-state index contributed by atoms with van der Waals surface area (Å²) in [5, 5.41) is 6.22. The molecule has 17 heavy (non-hydrogen) atoms. The Hall–Kier alpha value is -0.550. The van der Waals surface area contributed by atoms with Gasteiger partial charge in [0.2, 0.25) is 5.91 Å². The highest BCUT2D eigenvalue weighted by Crippen LogP contribution is 2.30. The molecule has 1 aromatic carbocycles. The minimum absolute atomic E-state index is 0.128. The van der Waals surface area contributed by atoms with Crippen LogP contribution in [0.1, 0.15) is 19.3 Å². The lowest BCUT2D eigenvalue weighted by atomic mass is 10.3. The second kappa shape index (κ2) is 5.87. The summed E-state index contributed by atoms with van der Waals surface area (Å²) < 4.78 is 1.99. The van der Waals surface area contributed by atoms with Crippen LogP contribution in [-0.4, -0.2) is 18.5 Å². The molecule has 0 spiro atoms. The van der Waals surface area contributed by atoms with E-state index in [0.717, 1.165) is 27.5 Å². The maximum absolute atomic E-state index is 11.5. The minimum Gasteiger partial charge on any atom is -0.383 e. The van der Waals surface area contributed by atoms with Crippen molar-refractivity contribution in [3.63, 3.8) is 0 Å². The van der Waals surface area contributed by atoms with Gasteiger partial charge in [0.15, 0.2) is 0 Å². The van der Waals surface area contributed by atoms with Gasteiger partial charge < -0.3 is 10.6 Å². The van der Waals surface area contributed by atoms with Crippen molar-refractivity contribution >= 4 is 43.5 Å². The Bertz CT molecular complexity index is 399. The molecule has 92 valence electrons. The van der Waals surface area contributed by atoms with Gasteiger partial charge in [-0.05, 0) is 56.8 Å². The van der Waals surface area contributed by atoms with Gasteiger partial charge in [-0.2, -0.15) is 0 Å². The Kier molecular flexibility index (Phi) is 4.45. The van der Waals surface area contributed by atoms with Crippen molar-refractivity contribution < 1.29 is 4.79 Å². The Morgan fingerprint density at radius 1 is 1.29 bits per heavy atom. The van der Waals surface area contributed by atoms with E-state index in [1.165, 1.54) is 0 Å². The van der Waals surface area contributed by atoms with Gasteiger partial charge >= 0.3 is 0 Å². The Labute approximate surface area is 118 Å². The molecule has 0 bridgehead atoms. The number of nitrogens with one attached hydrogen (secondary N) is 2. The number of amides is 1. The van der Waals surface area contributed by atoms with Gasteiger partial charge in [0, 0.05) is 28.0 Å². The number of benzene rings is 1. The number of anilines is 1. The predicted molar refractivity (Wildman–Crippen MR) is 76.1 cm³/mol. The number of halogens is 2. The number of rotatable bonds is 5. The molecule has 0 aromatic heterocycles. The van der Waals surface area contributed by atoms with Gasteiger partial charge in [-0.1, -0.05) is 6.07 Å². The lowest BCUT2D eigenvalue weighted by Crippen LogP contribution is -2.27. The van der Waals surface area contributed by atoms with Gasteiger partial charge in [-0.3, -0.25) is 4.79 Å². The molecule has 0 radical (unpaired) electrons. The van der Waals surface area contributed by atoms with Crippen LogP contribution in [0.4, 0.5) is 5.69 Å². The van der Waals surface area contributed by atoms with E-state index in [4.69, 9.17) is 0 Å². The van der Waals surface area contributed by atoms with Gasteiger partial charge in [-0.25, -0.2) is 0 Å². The average Bonchev–Trinajstić information content (AvgIpc) is 3.06. The van der Waals surface area contributed by atoms with E-state index < -0.39 is 0 Å². The second-order valence-electron chi connectivity index (χ2n) is 4.12. The van der Waals surface area contributed by atoms with Crippen LogP contribution >= 0.6 is 31.9 Å². The fourth-order valence-corrected chi connectivity index (χ4v) is 2.77. The summed E-state index contributed by atoms with van der Waals surface area (Å²) in [6, 6.07) is 6.34. The summed E-state index contributed by atoms with van der Waals surface area (Å²) in [5.74, 6) is 0.128. The summed E-state index contributed by atoms with van der Waals surface area (Å²) in [4.78, 5) is 11.5. The third kappa shape index (κ3) is 4.00. The fraction of sp³-hybridized carbons (Fsp3) is 0.417. The maximum atomic E-state index is 11.5. The Morgan fingerprint density at radius 2 is 1.94 bits per heavy atom. The molecule has 2 N–H and O–H groups in total. The van der Waals surface area contributed by atoms with Gasteiger partial charge in [-0.15, -0.1) is 0 Å². The minimum atomic E-state index is 0.128. The van der Waals surface area contributed by atoms with Crippen LogP contribution < -0.4 is 10.6 Å². The number of carbonyl (C=O) groups is 1. The molecule has 1 amide bonds. The topological polar surface area (TPSA) is 41.1 Å². The predicted octanol–water partition coefficient (Wildman–Crippen LogP) is 3.29. The van der Waals surface area contributed by atoms with Gasteiger partial charge in [0.05, 0.1) is 5.69 Å². The first-order valence-electron chi connectivity index (χ1n) is 5.64. The zero-order valence-corrected chi connectivity index (χ0v) is 12.5. The third-order valence-electron chi connectivity index (χ3n) is 2.56. The van der Waals surface area contributed by atoms with Crippen LogP contribution in [0.15, 0.2) is 27.1 Å². The quantitative estimate of drug-likeness (QED) is 0.844. The van der Waals surface area contributed by atoms with E-state index in [1.54, 1.807) is 0 Å². The van der Waals surface area contributed by atoms with E-state index in [-0.39, 0.29) is 5.91 Å². The van der Waals surface area contributed by atoms with Gasteiger partial charge in [0.1, 0.15) is 0 Å². The molecular formula is C12H14Br2N2O. The standard InChI is InChI=1S/C12H14Br2N2O/c13-9-2-1-3-10(14)12(9)15-7-6-11(17)16-8-4-5-8/h1-3,8,15H,4-7H2,(H,16,17). The molecule has 3 nitrogen and oxygen atoms in total. The van der Waals surface area contributed by atoms with Crippen LogP contribution in [0.25, 0.3) is 0 Å². The zero-order valence-electron chi connectivity index (χ0n) is 9.30. The Balaban J connectivity index is 1.79. The molecule has 1 aliphatic carbocycles. The van der Waals surface area contributed by atoms with Crippen molar-refractivity contribution in [2.75, 3.05) is 11.9 Å². The van der Waals surface area contributed by atoms with E-state index in [2.05, 4.69) is 42.5 Å². The third-order valence-corrected chi connectivity index (χ3v) is 3.88. The highest BCUT2D eigenvalue weighted by atomic mass is 79.9. The fourth-order valence-electron chi connectivity index (χ4n) is 1.50. The summed E-state index contributed by atoms with van der Waals surface area (Å²) in [6.45, 7) is 0.639. The van der Waals surface area contributed by atoms with Crippen molar-refractivity contribution in [1.29, 1.82) is 0 Å². The number of carbonyl (C=O) groups excluding carboxylic acids is 1. The van der Waals surface area contributed by atoms with Gasteiger partial charge in [0.25, 0.3) is 0 Å². The van der Waals surface area contributed by atoms with Crippen molar-refractivity contribution in [3.8, 4) is 0 Å². The Morgan fingerprint density at radius 3 is 2.53 bits per heavy atom. The first kappa shape index (κ1) is 12.9. The van der Waals surface area contributed by atoms with Crippen LogP contribution in [0.2, 0.25) is 0 Å². The molecular weight excluding hydrogens is 348 g/mol. The lowest BCUT2D eigenvalue weighted by Gasteiger charge is -2.10. The summed E-state index contributed by atoms with van der Waals surface area (Å²) >= 11 is 6.94. The van der Waals surface area contributed by atoms with Crippen molar-refractivity contribution in [2.24, 2.45) is 0 Å². The highest BCUT2D eigenvalue weighted by molar-refractivity contribution is 9.11. The summed E-state index contributed by atoms with van der Waals surface area (Å²) in [7, 11) is 0. The van der Waals surface area contributed by atoms with Crippen LogP contribution in [-0.2, 0) is 4.79 Å². The molecule has 2 rings (SSSR count). The maximum Gasteiger partial charge on any atom is 0.221 e. The van der Waals surface area contributed by atoms with E-state index in [9.17, 15) is 4.79 Å². The zero-order chi connectivity index (χ0) is 12.3. The van der Waals surface area contributed by atoms with Crippen molar-refractivity contribution in [1.82, 2.24) is 5.32 Å². The first-order valence-corrected chi connectivity index (χ1v) is 7.22. The van der Waals surface area contributed by atoms with E-state index in [0.29, 0.717) is 19.0 Å². The molecule has 0 unspecified atom stereocenters. The lowest BCUT2D eigenvalue weighted by molar-refractivity contribution is -0.120. The normalized spacial score (nSPS) is 14.5. The molecule has 1 fully saturated rings. The van der Waals surface area contributed by atoms with Crippen molar-refractivity contribution in [3.05, 3.63) is 27.1 Å². The van der Waals surface area contributed by atoms with Crippen LogP contribution in [0.3, 0.4) is 0 Å². The van der Waals surface area contributed by atoms with E-state index in [1.807, 2.05) is 18.2 Å². The molecule has 0 heterocycles. The first-order chi connectivity index (χ1) is 8.16. The SMILES string of the molecule is O=C(CCNc1c(Br)cccc1Br)NC1CC1. The number of para-hydroxylation sites is 1. The van der Waals surface area contributed by atoms with Crippen LogP contribution in [0, 0.1) is 0 Å². The smallest absolute Gasteiger partial charge is 0.221 e. The highest BCUT2D eigenvalue weighted by Gasteiger charge is 2.22. The molecule has 0 saturated heterocycles. The van der Waals surface area contributed by atoms with Crippen LogP contribution in [0.5, 0.6) is 0 Å². The second-order valence-corrected chi connectivity index (χ2v) is 5.82. The monoisotopic (exact) mass is 360 g/mol. The average molecular weight is 362 g/mol. The molecule has 0 aliphatic heterocycles. The summed E-state index contributed by atoms with van der Waals surface area (Å²) in [6.07, 6.45) is 2.77. The molecule has 1 aromatic rings. The number of hydrogen-bond donors (Lipinski definition) is 2. The number of hydrogen-bond acceptors (Lipinski definition) is 2. The summed E-state index contributed by atoms with van der Waals surface area (Å²) in [5.41, 5.74) is 0.992. The molecule has 1 aliphatic rings. The van der Waals surface area contributed by atoms with E-state index >= 15 is 0 Å². The van der Waals surface area contributed by atoms with Crippen molar-refractivity contribution in [2.45, 2.75) is 25.3 Å². The molecule has 0 atom stereocenters. The molecule has 1 saturated carbocycles. The largest absolute Gasteiger partial charge is 0.383 e.